The summed E-state index contributed by atoms with van der Waals surface area (Å²) in [5.74, 6) is 1.16. The van der Waals surface area contributed by atoms with Gasteiger partial charge in [0.25, 0.3) is 0 Å². The first-order chi connectivity index (χ1) is 10.9. The zero-order valence-electron chi connectivity index (χ0n) is 13.1. The van der Waals surface area contributed by atoms with E-state index < -0.39 is 0 Å². The van der Waals surface area contributed by atoms with Crippen molar-refractivity contribution in [2.24, 2.45) is 0 Å². The standard InChI is InChI=1S/C17H18Cl3NO2/c1-10(2)23-17-15(20)4-11(5-16(17)22-3)9-21-14-7-12(18)6-13(19)8-14/h4-8,10,21H,9H2,1-3H3. The number of methoxy groups -OCH3 is 1. The summed E-state index contributed by atoms with van der Waals surface area (Å²) in [7, 11) is 1.59. The number of hydrogen-bond donors (Lipinski definition) is 1. The van der Waals surface area contributed by atoms with Crippen LogP contribution in [0.5, 0.6) is 11.5 Å². The van der Waals surface area contributed by atoms with Gasteiger partial charge in [0.2, 0.25) is 0 Å². The molecule has 0 radical (unpaired) electrons. The van der Waals surface area contributed by atoms with Crippen molar-refractivity contribution in [3.8, 4) is 11.5 Å². The minimum absolute atomic E-state index is 0.0129. The number of halogens is 3. The summed E-state index contributed by atoms with van der Waals surface area (Å²) >= 11 is 18.3. The highest BCUT2D eigenvalue weighted by molar-refractivity contribution is 6.35. The van der Waals surface area contributed by atoms with Crippen LogP contribution in [0.25, 0.3) is 0 Å². The monoisotopic (exact) mass is 373 g/mol. The van der Waals surface area contributed by atoms with Crippen molar-refractivity contribution in [3.63, 3.8) is 0 Å². The van der Waals surface area contributed by atoms with Gasteiger partial charge in [0.05, 0.1) is 18.2 Å². The van der Waals surface area contributed by atoms with Crippen LogP contribution in [0.2, 0.25) is 15.1 Å². The topological polar surface area (TPSA) is 30.5 Å². The Morgan fingerprint density at radius 2 is 1.65 bits per heavy atom. The van der Waals surface area contributed by atoms with E-state index in [4.69, 9.17) is 44.3 Å². The van der Waals surface area contributed by atoms with Gasteiger partial charge in [-0.2, -0.15) is 0 Å². The van der Waals surface area contributed by atoms with Gasteiger partial charge in [-0.1, -0.05) is 34.8 Å². The minimum Gasteiger partial charge on any atom is -0.493 e. The predicted octanol–water partition coefficient (Wildman–Crippen LogP) is 6.05. The van der Waals surface area contributed by atoms with Crippen molar-refractivity contribution in [1.82, 2.24) is 0 Å². The lowest BCUT2D eigenvalue weighted by Gasteiger charge is -2.17. The maximum absolute atomic E-state index is 6.31. The second-order valence-corrected chi connectivity index (χ2v) is 6.57. The average molecular weight is 375 g/mol. The van der Waals surface area contributed by atoms with E-state index in [1.807, 2.05) is 38.1 Å². The fourth-order valence-corrected chi connectivity index (χ4v) is 2.89. The molecule has 0 unspecified atom stereocenters. The van der Waals surface area contributed by atoms with Crippen LogP contribution in [-0.4, -0.2) is 13.2 Å². The molecule has 1 N–H and O–H groups in total. The van der Waals surface area contributed by atoms with Crippen LogP contribution in [0.3, 0.4) is 0 Å². The molecule has 3 nitrogen and oxygen atoms in total. The highest BCUT2D eigenvalue weighted by Crippen LogP contribution is 2.37. The molecule has 0 spiro atoms. The molecule has 0 aliphatic carbocycles. The van der Waals surface area contributed by atoms with Crippen molar-refractivity contribution < 1.29 is 9.47 Å². The third-order valence-electron chi connectivity index (χ3n) is 3.00. The van der Waals surface area contributed by atoms with Crippen LogP contribution in [-0.2, 0) is 6.54 Å². The lowest BCUT2D eigenvalue weighted by molar-refractivity contribution is 0.230. The molecule has 6 heteroatoms. The van der Waals surface area contributed by atoms with Gasteiger partial charge in [-0.3, -0.25) is 0 Å². The van der Waals surface area contributed by atoms with E-state index in [2.05, 4.69) is 5.32 Å². The summed E-state index contributed by atoms with van der Waals surface area (Å²) in [4.78, 5) is 0. The molecule has 0 atom stereocenters. The molecule has 2 rings (SSSR count). The summed E-state index contributed by atoms with van der Waals surface area (Å²) in [6.45, 7) is 4.43. The number of ether oxygens (including phenoxy) is 2. The fourth-order valence-electron chi connectivity index (χ4n) is 2.09. The highest BCUT2D eigenvalue weighted by atomic mass is 35.5. The molecule has 2 aromatic rings. The second-order valence-electron chi connectivity index (χ2n) is 5.29. The van der Waals surface area contributed by atoms with Gasteiger partial charge in [0.15, 0.2) is 11.5 Å². The van der Waals surface area contributed by atoms with Crippen LogP contribution in [0.15, 0.2) is 30.3 Å². The lowest BCUT2D eigenvalue weighted by Crippen LogP contribution is -2.08. The zero-order valence-corrected chi connectivity index (χ0v) is 15.4. The molecular weight excluding hydrogens is 357 g/mol. The average Bonchev–Trinajstić information content (AvgIpc) is 2.46. The Morgan fingerprint density at radius 3 is 2.22 bits per heavy atom. The Labute approximate surface area is 151 Å². The van der Waals surface area contributed by atoms with Gasteiger partial charge in [-0.25, -0.2) is 0 Å². The van der Waals surface area contributed by atoms with E-state index in [1.165, 1.54) is 0 Å². The summed E-state index contributed by atoms with van der Waals surface area (Å²) < 4.78 is 11.1. The second kappa shape index (κ2) is 8.00. The highest BCUT2D eigenvalue weighted by Gasteiger charge is 2.13. The largest absolute Gasteiger partial charge is 0.493 e. The number of benzene rings is 2. The van der Waals surface area contributed by atoms with E-state index in [0.29, 0.717) is 33.1 Å². The van der Waals surface area contributed by atoms with Crippen molar-refractivity contribution >= 4 is 40.5 Å². The Kier molecular flexibility index (Phi) is 6.28. The van der Waals surface area contributed by atoms with Gasteiger partial charge in [0, 0.05) is 22.3 Å². The summed E-state index contributed by atoms with van der Waals surface area (Å²) in [6.07, 6.45) is 0.0129. The Morgan fingerprint density at radius 1 is 1.00 bits per heavy atom. The molecule has 2 aromatic carbocycles. The first-order valence-corrected chi connectivity index (χ1v) is 8.25. The number of hydrogen-bond acceptors (Lipinski definition) is 3. The smallest absolute Gasteiger partial charge is 0.180 e. The molecule has 0 aliphatic rings. The van der Waals surface area contributed by atoms with Crippen LogP contribution in [0, 0.1) is 0 Å². The molecule has 124 valence electrons. The summed E-state index contributed by atoms with van der Waals surface area (Å²) in [5.41, 5.74) is 1.79. The molecule has 0 bridgehead atoms. The van der Waals surface area contributed by atoms with E-state index in [0.717, 1.165) is 11.3 Å². The van der Waals surface area contributed by atoms with Gasteiger partial charge in [0.1, 0.15) is 0 Å². The van der Waals surface area contributed by atoms with E-state index in [-0.39, 0.29) is 6.10 Å². The first-order valence-electron chi connectivity index (χ1n) is 7.12. The van der Waals surface area contributed by atoms with E-state index in [1.54, 1.807) is 13.2 Å². The predicted molar refractivity (Wildman–Crippen MR) is 97.6 cm³/mol. The van der Waals surface area contributed by atoms with Gasteiger partial charge < -0.3 is 14.8 Å². The van der Waals surface area contributed by atoms with Gasteiger partial charge in [-0.05, 0) is 49.7 Å². The third-order valence-corrected chi connectivity index (χ3v) is 3.72. The molecule has 23 heavy (non-hydrogen) atoms. The van der Waals surface area contributed by atoms with E-state index >= 15 is 0 Å². The quantitative estimate of drug-likeness (QED) is 0.667. The number of anilines is 1. The van der Waals surface area contributed by atoms with Crippen molar-refractivity contribution in [2.45, 2.75) is 26.5 Å². The Balaban J connectivity index is 2.18. The molecule has 0 aliphatic heterocycles. The molecule has 0 heterocycles. The third kappa shape index (κ3) is 5.10. The molecule has 0 fully saturated rings. The first kappa shape index (κ1) is 18.1. The maximum Gasteiger partial charge on any atom is 0.180 e. The lowest BCUT2D eigenvalue weighted by atomic mass is 10.2. The number of nitrogens with one attached hydrogen (secondary N) is 1. The van der Waals surface area contributed by atoms with Crippen LogP contribution in [0.1, 0.15) is 19.4 Å². The van der Waals surface area contributed by atoms with Gasteiger partial charge in [-0.15, -0.1) is 0 Å². The molecule has 0 amide bonds. The van der Waals surface area contributed by atoms with Crippen LogP contribution < -0.4 is 14.8 Å². The minimum atomic E-state index is 0.0129. The van der Waals surface area contributed by atoms with Crippen molar-refractivity contribution in [2.75, 3.05) is 12.4 Å². The number of rotatable bonds is 6. The maximum atomic E-state index is 6.31. The Bertz CT molecular complexity index is 670. The normalized spacial score (nSPS) is 10.7. The SMILES string of the molecule is COc1cc(CNc2cc(Cl)cc(Cl)c2)cc(Cl)c1OC(C)C. The fraction of sp³-hybridized carbons (Fsp3) is 0.294. The summed E-state index contributed by atoms with van der Waals surface area (Å²) in [6, 6.07) is 9.04. The molecule has 0 saturated heterocycles. The zero-order chi connectivity index (χ0) is 17.0. The summed E-state index contributed by atoms with van der Waals surface area (Å²) in [5, 5.41) is 4.93. The van der Waals surface area contributed by atoms with Crippen LogP contribution in [0.4, 0.5) is 5.69 Å². The molecular formula is C17H18Cl3NO2. The van der Waals surface area contributed by atoms with Crippen molar-refractivity contribution in [1.29, 1.82) is 0 Å². The molecule has 0 aromatic heterocycles. The van der Waals surface area contributed by atoms with Crippen molar-refractivity contribution in [3.05, 3.63) is 51.0 Å². The van der Waals surface area contributed by atoms with E-state index in [9.17, 15) is 0 Å². The molecule has 0 saturated carbocycles. The van der Waals surface area contributed by atoms with Gasteiger partial charge >= 0.3 is 0 Å². The van der Waals surface area contributed by atoms with Crippen LogP contribution >= 0.6 is 34.8 Å². The Hall–Kier alpha value is -1.29.